The van der Waals surface area contributed by atoms with Gasteiger partial charge in [-0.05, 0) is 43.2 Å². The summed E-state index contributed by atoms with van der Waals surface area (Å²) in [6.07, 6.45) is 4.62. The predicted molar refractivity (Wildman–Crippen MR) is 112 cm³/mol. The van der Waals surface area contributed by atoms with Crippen LogP contribution in [0.15, 0.2) is 59.3 Å². The van der Waals surface area contributed by atoms with Crippen LogP contribution in [0.5, 0.6) is 0 Å². The molecule has 3 heterocycles. The largest absolute Gasteiger partial charge is 0.349 e. The minimum atomic E-state index is -0.129. The number of likely N-dealkylation sites (tertiary alicyclic amines) is 1. The fourth-order valence-electron chi connectivity index (χ4n) is 3.36. The molecule has 7 nitrogen and oxygen atoms in total. The van der Waals surface area contributed by atoms with E-state index >= 15 is 0 Å². The first-order valence-corrected chi connectivity index (χ1v) is 10.2. The molecule has 0 radical (unpaired) electrons. The first-order chi connectivity index (χ1) is 14.1. The zero-order valence-corrected chi connectivity index (χ0v) is 17.2. The lowest BCUT2D eigenvalue weighted by Gasteiger charge is -2.32. The maximum atomic E-state index is 12.8. The van der Waals surface area contributed by atoms with Crippen LogP contribution in [0.1, 0.15) is 33.7 Å². The minimum absolute atomic E-state index is 0.0480. The Bertz CT molecular complexity index is 995. The summed E-state index contributed by atoms with van der Waals surface area (Å²) in [5, 5.41) is 10.1. The lowest BCUT2D eigenvalue weighted by molar-refractivity contribution is 0.0692. The van der Waals surface area contributed by atoms with Crippen molar-refractivity contribution >= 4 is 27.7 Å². The van der Waals surface area contributed by atoms with Crippen molar-refractivity contribution in [3.63, 3.8) is 0 Å². The van der Waals surface area contributed by atoms with Crippen LogP contribution in [0, 0.1) is 0 Å². The van der Waals surface area contributed by atoms with Crippen molar-refractivity contribution in [1.82, 2.24) is 25.4 Å². The molecule has 29 heavy (non-hydrogen) atoms. The normalized spacial score (nSPS) is 14.6. The van der Waals surface area contributed by atoms with Gasteiger partial charge in [-0.15, -0.1) is 0 Å². The predicted octanol–water partition coefficient (Wildman–Crippen LogP) is 3.27. The molecule has 0 unspecified atom stereocenters. The Balaban J connectivity index is 1.33. The van der Waals surface area contributed by atoms with Crippen molar-refractivity contribution in [2.24, 2.45) is 0 Å². The van der Waals surface area contributed by atoms with E-state index in [2.05, 4.69) is 36.4 Å². The van der Waals surface area contributed by atoms with Crippen molar-refractivity contribution in [3.05, 3.63) is 70.6 Å². The molecule has 0 atom stereocenters. The number of carbonyl (C=O) groups is 2. The third kappa shape index (κ3) is 4.54. The number of carbonyl (C=O) groups excluding carboxylic acids is 2. The van der Waals surface area contributed by atoms with Crippen molar-refractivity contribution < 1.29 is 9.59 Å². The van der Waals surface area contributed by atoms with E-state index in [0.717, 1.165) is 15.7 Å². The van der Waals surface area contributed by atoms with Gasteiger partial charge in [-0.2, -0.15) is 5.10 Å². The first-order valence-electron chi connectivity index (χ1n) is 9.41. The number of halogens is 1. The molecule has 1 aliphatic rings. The van der Waals surface area contributed by atoms with E-state index in [1.54, 1.807) is 35.5 Å². The number of nitrogens with zero attached hydrogens (tertiary/aromatic N) is 3. The standard InChI is InChI=1S/C21H20BrN5O2/c22-16-5-3-14(4-6-16)18-12-19(26-25-18)21(29)27-10-7-17(8-11-27)24-20(28)15-2-1-9-23-13-15/h1-6,9,12-13,17H,7-8,10-11H2,(H,24,28)(H,25,26). The molecule has 0 bridgehead atoms. The molecule has 4 rings (SSSR count). The molecule has 0 spiro atoms. The van der Waals surface area contributed by atoms with Crippen molar-refractivity contribution in [3.8, 4) is 11.3 Å². The number of rotatable bonds is 4. The molecule has 2 aromatic heterocycles. The molecule has 1 aliphatic heterocycles. The highest BCUT2D eigenvalue weighted by atomic mass is 79.9. The molecule has 2 N–H and O–H groups in total. The van der Waals surface area contributed by atoms with Crippen LogP contribution < -0.4 is 5.32 Å². The molecule has 148 valence electrons. The van der Waals surface area contributed by atoms with Crippen molar-refractivity contribution in [1.29, 1.82) is 0 Å². The Morgan fingerprint density at radius 3 is 2.59 bits per heavy atom. The molecule has 1 fully saturated rings. The van der Waals surface area contributed by atoms with Crippen LogP contribution in [0.25, 0.3) is 11.3 Å². The molecular formula is C21H20BrN5O2. The van der Waals surface area contributed by atoms with Gasteiger partial charge in [0, 0.05) is 41.6 Å². The van der Waals surface area contributed by atoms with Crippen LogP contribution in [0.4, 0.5) is 0 Å². The second kappa shape index (κ2) is 8.57. The number of amides is 2. The average molecular weight is 454 g/mol. The van der Waals surface area contributed by atoms with Gasteiger partial charge in [-0.25, -0.2) is 0 Å². The van der Waals surface area contributed by atoms with Gasteiger partial charge in [0.05, 0.1) is 11.3 Å². The molecule has 8 heteroatoms. The van der Waals surface area contributed by atoms with E-state index in [1.807, 2.05) is 24.3 Å². The van der Waals surface area contributed by atoms with Crippen LogP contribution in [0.2, 0.25) is 0 Å². The van der Waals surface area contributed by atoms with Crippen molar-refractivity contribution in [2.45, 2.75) is 18.9 Å². The summed E-state index contributed by atoms with van der Waals surface area (Å²) in [5.74, 6) is -0.200. The average Bonchev–Trinajstić information content (AvgIpc) is 3.25. The quantitative estimate of drug-likeness (QED) is 0.633. The Morgan fingerprint density at radius 2 is 1.90 bits per heavy atom. The number of aromatic amines is 1. The van der Waals surface area contributed by atoms with Gasteiger partial charge in [0.25, 0.3) is 11.8 Å². The zero-order valence-electron chi connectivity index (χ0n) is 15.6. The molecule has 3 aromatic rings. The van der Waals surface area contributed by atoms with E-state index in [4.69, 9.17) is 0 Å². The summed E-state index contributed by atoms with van der Waals surface area (Å²) in [7, 11) is 0. The fraction of sp³-hybridized carbons (Fsp3) is 0.238. The maximum Gasteiger partial charge on any atom is 0.271 e. The number of benzene rings is 1. The van der Waals surface area contributed by atoms with E-state index in [1.165, 1.54) is 0 Å². The summed E-state index contributed by atoms with van der Waals surface area (Å²) in [5.41, 5.74) is 2.70. The van der Waals surface area contributed by atoms with E-state index in [-0.39, 0.29) is 17.9 Å². The van der Waals surface area contributed by atoms with Gasteiger partial charge in [0.15, 0.2) is 0 Å². The number of piperidine rings is 1. The Labute approximate surface area is 176 Å². The van der Waals surface area contributed by atoms with Crippen LogP contribution in [-0.4, -0.2) is 51.0 Å². The Morgan fingerprint density at radius 1 is 1.14 bits per heavy atom. The molecular weight excluding hydrogens is 434 g/mol. The number of hydrogen-bond acceptors (Lipinski definition) is 4. The maximum absolute atomic E-state index is 12.8. The number of hydrogen-bond donors (Lipinski definition) is 2. The SMILES string of the molecule is O=C(NC1CCN(C(=O)c2cc(-c3ccc(Br)cc3)n[nH]2)CC1)c1cccnc1. The van der Waals surface area contributed by atoms with Crippen molar-refractivity contribution in [2.75, 3.05) is 13.1 Å². The highest BCUT2D eigenvalue weighted by Crippen LogP contribution is 2.21. The van der Waals surface area contributed by atoms with Crippen LogP contribution in [0.3, 0.4) is 0 Å². The highest BCUT2D eigenvalue weighted by Gasteiger charge is 2.26. The monoisotopic (exact) mass is 453 g/mol. The first kappa shape index (κ1) is 19.3. The van der Waals surface area contributed by atoms with Gasteiger partial charge in [0.1, 0.15) is 5.69 Å². The summed E-state index contributed by atoms with van der Waals surface area (Å²) in [6, 6.07) is 13.1. The Kier molecular flexibility index (Phi) is 5.71. The number of H-pyrrole nitrogens is 1. The summed E-state index contributed by atoms with van der Waals surface area (Å²) < 4.78 is 0.992. The molecule has 1 saturated heterocycles. The number of nitrogens with one attached hydrogen (secondary N) is 2. The lowest BCUT2D eigenvalue weighted by atomic mass is 10.0. The second-order valence-corrected chi connectivity index (χ2v) is 7.87. The highest BCUT2D eigenvalue weighted by molar-refractivity contribution is 9.10. The third-order valence-corrected chi connectivity index (χ3v) is 5.52. The summed E-state index contributed by atoms with van der Waals surface area (Å²) >= 11 is 3.41. The van der Waals surface area contributed by atoms with E-state index in [9.17, 15) is 9.59 Å². The lowest BCUT2D eigenvalue weighted by Crippen LogP contribution is -2.46. The van der Waals surface area contributed by atoms with Gasteiger partial charge in [0.2, 0.25) is 0 Å². The third-order valence-electron chi connectivity index (χ3n) is 4.99. The van der Waals surface area contributed by atoms with E-state index < -0.39 is 0 Å². The summed E-state index contributed by atoms with van der Waals surface area (Å²) in [6.45, 7) is 1.17. The topological polar surface area (TPSA) is 91.0 Å². The number of pyridine rings is 1. The molecule has 0 aliphatic carbocycles. The molecule has 2 amide bonds. The number of aromatic nitrogens is 3. The zero-order chi connectivity index (χ0) is 20.2. The minimum Gasteiger partial charge on any atom is -0.349 e. The van der Waals surface area contributed by atoms with Gasteiger partial charge < -0.3 is 10.2 Å². The second-order valence-electron chi connectivity index (χ2n) is 6.96. The summed E-state index contributed by atoms with van der Waals surface area (Å²) in [4.78, 5) is 30.8. The van der Waals surface area contributed by atoms with Gasteiger partial charge in [-0.3, -0.25) is 19.7 Å². The van der Waals surface area contributed by atoms with E-state index in [0.29, 0.717) is 37.2 Å². The van der Waals surface area contributed by atoms with Gasteiger partial charge >= 0.3 is 0 Å². The van der Waals surface area contributed by atoms with Gasteiger partial charge in [-0.1, -0.05) is 28.1 Å². The smallest absolute Gasteiger partial charge is 0.271 e. The fourth-order valence-corrected chi connectivity index (χ4v) is 3.63. The van der Waals surface area contributed by atoms with Crippen LogP contribution >= 0.6 is 15.9 Å². The molecule has 0 saturated carbocycles. The molecule has 1 aromatic carbocycles. The van der Waals surface area contributed by atoms with Crippen LogP contribution in [-0.2, 0) is 0 Å². The Hall–Kier alpha value is -3.00.